The fraction of sp³-hybridized carbons (Fsp3) is 0.323. The molecule has 2 nitrogen and oxygen atoms in total. The van der Waals surface area contributed by atoms with Gasteiger partial charge in [-0.05, 0) is 91.1 Å². The Hall–Kier alpha value is -2.56. The molecule has 0 saturated carbocycles. The van der Waals surface area contributed by atoms with E-state index in [0.717, 1.165) is 12.8 Å². The van der Waals surface area contributed by atoms with Crippen LogP contribution in [0.4, 0.5) is 5.69 Å². The molecule has 2 aliphatic rings. The molecule has 5 rings (SSSR count). The first kappa shape index (κ1) is 24.1. The lowest BCUT2D eigenvalue weighted by Crippen LogP contribution is -2.28. The van der Waals surface area contributed by atoms with Crippen LogP contribution < -0.4 is 9.47 Å². The smallest absolute Gasteiger partial charge is 0.262 e. The second-order valence-electron chi connectivity index (χ2n) is 10.9. The van der Waals surface area contributed by atoms with E-state index in [-0.39, 0.29) is 5.41 Å². The summed E-state index contributed by atoms with van der Waals surface area (Å²) in [6.07, 6.45) is 13.8. The van der Waals surface area contributed by atoms with Gasteiger partial charge in [0.1, 0.15) is 11.7 Å². The highest BCUT2D eigenvalue weighted by atomic mass is 32.2. The number of allylic oxidation sites excluding steroid dienone is 6. The quantitative estimate of drug-likeness (QED) is 0.334. The van der Waals surface area contributed by atoms with Crippen molar-refractivity contribution in [3.63, 3.8) is 0 Å². The third-order valence-electron chi connectivity index (χ3n) is 7.10. The highest BCUT2D eigenvalue weighted by Gasteiger charge is 2.27. The molecule has 0 amide bonds. The van der Waals surface area contributed by atoms with Crippen molar-refractivity contribution < 1.29 is 4.57 Å². The van der Waals surface area contributed by atoms with Gasteiger partial charge in [-0.1, -0.05) is 61.2 Å². The van der Waals surface area contributed by atoms with Gasteiger partial charge in [-0.3, -0.25) is 0 Å². The van der Waals surface area contributed by atoms with Crippen molar-refractivity contribution in [3.05, 3.63) is 92.5 Å². The van der Waals surface area contributed by atoms with Crippen LogP contribution in [0.2, 0.25) is 0 Å². The van der Waals surface area contributed by atoms with E-state index in [4.69, 9.17) is 0 Å². The van der Waals surface area contributed by atoms with Gasteiger partial charge in [0, 0.05) is 24.1 Å². The lowest BCUT2D eigenvalue weighted by Gasteiger charge is -2.30. The van der Waals surface area contributed by atoms with E-state index in [1.165, 1.54) is 58.7 Å². The van der Waals surface area contributed by atoms with E-state index < -0.39 is 0 Å². The predicted octanol–water partition coefficient (Wildman–Crippen LogP) is 8.42. The second kappa shape index (κ2) is 9.15. The van der Waals surface area contributed by atoms with Crippen molar-refractivity contribution in [1.29, 1.82) is 0 Å². The lowest BCUT2D eigenvalue weighted by atomic mass is 9.75. The van der Waals surface area contributed by atoms with Gasteiger partial charge >= 0.3 is 0 Å². The number of aromatic nitrogens is 1. The van der Waals surface area contributed by atoms with Gasteiger partial charge in [0.15, 0.2) is 0 Å². The number of thiazole rings is 1. The van der Waals surface area contributed by atoms with Crippen LogP contribution in [-0.2, 0) is 7.05 Å². The van der Waals surface area contributed by atoms with E-state index in [1.54, 1.807) is 0 Å². The highest BCUT2D eigenvalue weighted by Crippen LogP contribution is 2.47. The molecular formula is C31H35N2S2+. The maximum Gasteiger partial charge on any atom is 0.262 e. The maximum absolute atomic E-state index is 2.41. The van der Waals surface area contributed by atoms with Gasteiger partial charge in [0.05, 0.1) is 10.7 Å². The van der Waals surface area contributed by atoms with Gasteiger partial charge in [-0.25, -0.2) is 0 Å². The largest absolute Gasteiger partial charge is 0.338 e. The molecule has 4 heteroatoms. The molecule has 0 unspecified atom stereocenters. The third-order valence-corrected chi connectivity index (χ3v) is 9.43. The molecular weight excluding hydrogens is 464 g/mol. The Bertz CT molecular complexity index is 1450. The van der Waals surface area contributed by atoms with E-state index in [9.17, 15) is 0 Å². The third kappa shape index (κ3) is 4.92. The fourth-order valence-corrected chi connectivity index (χ4v) is 7.34. The number of anilines is 1. The van der Waals surface area contributed by atoms with Crippen molar-refractivity contribution in [3.8, 4) is 0 Å². The summed E-state index contributed by atoms with van der Waals surface area (Å²) in [5.41, 5.74) is 9.72. The van der Waals surface area contributed by atoms with E-state index in [2.05, 4.69) is 119 Å². The minimum absolute atomic E-state index is 0.253. The summed E-state index contributed by atoms with van der Waals surface area (Å²) in [6.45, 7) is 11.3. The average molecular weight is 500 g/mol. The van der Waals surface area contributed by atoms with Crippen LogP contribution in [0.5, 0.6) is 0 Å². The van der Waals surface area contributed by atoms with Crippen LogP contribution in [0.25, 0.3) is 16.3 Å². The summed E-state index contributed by atoms with van der Waals surface area (Å²) < 4.78 is 3.66. The highest BCUT2D eigenvalue weighted by molar-refractivity contribution is 8.03. The minimum Gasteiger partial charge on any atom is -0.338 e. The van der Waals surface area contributed by atoms with Crippen molar-refractivity contribution in [2.24, 2.45) is 12.5 Å². The molecule has 0 N–H and O–H groups in total. The number of fused-ring (bicyclic) bond motifs is 2. The van der Waals surface area contributed by atoms with Gasteiger partial charge in [0.2, 0.25) is 5.52 Å². The minimum atomic E-state index is 0.253. The number of hydrogen-bond donors (Lipinski definition) is 0. The first-order valence-corrected chi connectivity index (χ1v) is 13.9. The molecule has 2 aromatic carbocycles. The molecule has 0 saturated heterocycles. The summed E-state index contributed by atoms with van der Waals surface area (Å²) >= 11 is 3.74. The Balaban J connectivity index is 1.42. The molecule has 35 heavy (non-hydrogen) atoms. The monoisotopic (exact) mass is 499 g/mol. The molecule has 1 aliphatic heterocycles. The number of thioether (sulfide) groups is 1. The number of aryl methyl sites for hydroxylation is 4. The van der Waals surface area contributed by atoms with Crippen LogP contribution in [0.3, 0.4) is 0 Å². The zero-order valence-corrected chi connectivity index (χ0v) is 23.5. The molecule has 0 spiro atoms. The Labute approximate surface area is 218 Å². The molecule has 0 radical (unpaired) electrons. The topological polar surface area (TPSA) is 7.12 Å². The first-order valence-electron chi connectivity index (χ1n) is 12.3. The standard InChI is InChI=1S/C31H35N2S2/c1-20-11-12-27-25(13-20)33(7)30(34-27)17-24-16-23(18-31(4,5)19-24)9-8-10-29-32(6)26-14-21(2)22(3)15-28(26)35-29/h8-17H,18-19H2,1-7H3/q+1. The Morgan fingerprint density at radius 3 is 2.60 bits per heavy atom. The first-order chi connectivity index (χ1) is 16.6. The number of nitrogens with zero attached hydrogens (tertiary/aromatic N) is 2. The normalized spacial score (nSPS) is 19.9. The zero-order valence-electron chi connectivity index (χ0n) is 21.9. The maximum atomic E-state index is 2.41. The van der Waals surface area contributed by atoms with Crippen molar-refractivity contribution in [2.45, 2.75) is 52.4 Å². The summed E-state index contributed by atoms with van der Waals surface area (Å²) in [5.74, 6) is 0. The van der Waals surface area contributed by atoms with Gasteiger partial charge in [-0.2, -0.15) is 4.57 Å². The molecule has 2 heterocycles. The zero-order chi connectivity index (χ0) is 24.9. The summed E-state index contributed by atoms with van der Waals surface area (Å²) in [5, 5.41) is 2.59. The van der Waals surface area contributed by atoms with Gasteiger partial charge in [0.25, 0.3) is 5.01 Å². The van der Waals surface area contributed by atoms with Gasteiger partial charge < -0.3 is 4.90 Å². The van der Waals surface area contributed by atoms with E-state index >= 15 is 0 Å². The Kier molecular flexibility index (Phi) is 6.31. The summed E-state index contributed by atoms with van der Waals surface area (Å²) in [7, 11) is 4.36. The number of benzene rings is 2. The van der Waals surface area contributed by atoms with Crippen LogP contribution >= 0.6 is 23.1 Å². The molecule has 0 atom stereocenters. The van der Waals surface area contributed by atoms with E-state index in [0.29, 0.717) is 0 Å². The summed E-state index contributed by atoms with van der Waals surface area (Å²) in [4.78, 5) is 3.68. The van der Waals surface area contributed by atoms with Crippen LogP contribution in [-0.4, -0.2) is 7.05 Å². The van der Waals surface area contributed by atoms with Crippen molar-refractivity contribution >= 4 is 45.1 Å². The molecule has 1 aromatic heterocycles. The van der Waals surface area contributed by atoms with E-state index in [1.807, 2.05) is 23.1 Å². The van der Waals surface area contributed by atoms with Crippen molar-refractivity contribution in [1.82, 2.24) is 0 Å². The fourth-order valence-electron chi connectivity index (χ4n) is 5.09. The SMILES string of the molecule is Cc1ccc2c(c1)N(C)/C(=C/C1=CC(=C/C=C/c3sc4cc(C)c(C)cc4[n+]3C)/CC(C)(C)C1)S2. The van der Waals surface area contributed by atoms with Crippen molar-refractivity contribution in [2.75, 3.05) is 11.9 Å². The van der Waals surface area contributed by atoms with Crippen LogP contribution in [0.1, 0.15) is 48.4 Å². The van der Waals surface area contributed by atoms with Crippen LogP contribution in [0, 0.1) is 26.2 Å². The van der Waals surface area contributed by atoms with Crippen LogP contribution in [0.15, 0.2) is 75.7 Å². The summed E-state index contributed by atoms with van der Waals surface area (Å²) in [6, 6.07) is 11.4. The number of hydrogen-bond acceptors (Lipinski definition) is 3. The Morgan fingerprint density at radius 2 is 1.80 bits per heavy atom. The Morgan fingerprint density at radius 1 is 1.03 bits per heavy atom. The molecule has 0 fully saturated rings. The molecule has 180 valence electrons. The average Bonchev–Trinajstić information content (AvgIpc) is 3.24. The number of rotatable bonds is 3. The molecule has 0 bridgehead atoms. The predicted molar refractivity (Wildman–Crippen MR) is 154 cm³/mol. The second-order valence-corrected chi connectivity index (χ2v) is 13.0. The molecule has 3 aromatic rings. The lowest BCUT2D eigenvalue weighted by molar-refractivity contribution is -0.642. The van der Waals surface area contributed by atoms with Gasteiger partial charge in [-0.15, -0.1) is 0 Å². The molecule has 1 aliphatic carbocycles.